The minimum absolute atomic E-state index is 0.515. The van der Waals surface area contributed by atoms with E-state index >= 15 is 0 Å². The topological polar surface area (TPSA) is 36.7 Å². The van der Waals surface area contributed by atoms with Gasteiger partial charge in [0.1, 0.15) is 0 Å². The molecule has 2 nitrogen and oxygen atoms in total. The Hall–Kier alpha value is -0.880. The van der Waals surface area contributed by atoms with Gasteiger partial charge < -0.3 is 0 Å². The highest BCUT2D eigenvalue weighted by Gasteiger charge is 2.07. The van der Waals surface area contributed by atoms with Gasteiger partial charge in [-0.25, -0.2) is 4.98 Å². The van der Waals surface area contributed by atoms with Gasteiger partial charge in [0.2, 0.25) is 0 Å². The minimum Gasteiger partial charge on any atom is -0.246 e. The van der Waals surface area contributed by atoms with Gasteiger partial charge in [-0.2, -0.15) is 5.26 Å². The monoisotopic (exact) mass is 180 g/mol. The fraction of sp³-hybridized carbons (Fsp3) is 0.556. The second-order valence-electron chi connectivity index (χ2n) is 2.52. The van der Waals surface area contributed by atoms with Crippen molar-refractivity contribution < 1.29 is 0 Å². The molecule has 0 aliphatic rings. The molecule has 3 heteroatoms. The summed E-state index contributed by atoms with van der Waals surface area (Å²) in [7, 11) is 0. The first-order valence-electron chi connectivity index (χ1n) is 4.16. The van der Waals surface area contributed by atoms with E-state index in [2.05, 4.69) is 24.9 Å². The Labute approximate surface area is 76.9 Å². The number of hydrogen-bond donors (Lipinski definition) is 0. The van der Waals surface area contributed by atoms with E-state index in [1.165, 1.54) is 0 Å². The van der Waals surface area contributed by atoms with Gasteiger partial charge in [-0.3, -0.25) is 0 Å². The van der Waals surface area contributed by atoms with Crippen LogP contribution in [0.2, 0.25) is 0 Å². The Morgan fingerprint density at radius 2 is 2.17 bits per heavy atom. The maximum Gasteiger partial charge on any atom is 0.0928 e. The van der Waals surface area contributed by atoms with Crippen LogP contribution in [0, 0.1) is 11.3 Å². The Morgan fingerprint density at radius 1 is 1.42 bits per heavy atom. The molecule has 1 aromatic heterocycles. The molecule has 0 fully saturated rings. The number of rotatable bonds is 3. The second-order valence-corrected chi connectivity index (χ2v) is 3.69. The van der Waals surface area contributed by atoms with Gasteiger partial charge in [-0.15, -0.1) is 11.3 Å². The predicted octanol–water partition coefficient (Wildman–Crippen LogP) is 2.33. The number of nitriles is 1. The number of aryl methyl sites for hydroxylation is 2. The molecule has 0 bridgehead atoms. The van der Waals surface area contributed by atoms with E-state index in [1.54, 1.807) is 11.3 Å². The quantitative estimate of drug-likeness (QED) is 0.715. The molecular weight excluding hydrogens is 168 g/mol. The van der Waals surface area contributed by atoms with Crippen molar-refractivity contribution in [3.63, 3.8) is 0 Å². The predicted molar refractivity (Wildman–Crippen MR) is 50.2 cm³/mol. The number of aromatic nitrogens is 1. The molecule has 0 atom stereocenters. The van der Waals surface area contributed by atoms with Crippen molar-refractivity contribution in [1.29, 1.82) is 5.26 Å². The highest BCUT2D eigenvalue weighted by Crippen LogP contribution is 2.19. The van der Waals surface area contributed by atoms with E-state index in [4.69, 9.17) is 5.26 Å². The molecule has 0 radical (unpaired) electrons. The first-order valence-corrected chi connectivity index (χ1v) is 4.97. The van der Waals surface area contributed by atoms with Crippen LogP contribution in [0.4, 0.5) is 0 Å². The lowest BCUT2D eigenvalue weighted by atomic mass is 10.2. The van der Waals surface area contributed by atoms with E-state index < -0.39 is 0 Å². The van der Waals surface area contributed by atoms with Crippen LogP contribution in [-0.2, 0) is 19.3 Å². The van der Waals surface area contributed by atoms with Crippen LogP contribution in [0.15, 0.2) is 0 Å². The van der Waals surface area contributed by atoms with Crippen LogP contribution in [-0.4, -0.2) is 4.98 Å². The zero-order valence-corrected chi connectivity index (χ0v) is 8.24. The molecule has 0 unspecified atom stereocenters. The highest BCUT2D eigenvalue weighted by atomic mass is 32.1. The van der Waals surface area contributed by atoms with Gasteiger partial charge in [0, 0.05) is 4.88 Å². The molecule has 1 aromatic rings. The molecule has 12 heavy (non-hydrogen) atoms. The van der Waals surface area contributed by atoms with Crippen LogP contribution in [0.1, 0.15) is 29.4 Å². The third kappa shape index (κ3) is 1.83. The molecule has 0 saturated heterocycles. The van der Waals surface area contributed by atoms with E-state index in [0.717, 1.165) is 28.4 Å². The van der Waals surface area contributed by atoms with Crippen LogP contribution < -0.4 is 0 Å². The van der Waals surface area contributed by atoms with E-state index in [-0.39, 0.29) is 0 Å². The Bertz CT molecular complexity index is 296. The first kappa shape index (κ1) is 9.21. The van der Waals surface area contributed by atoms with Crippen LogP contribution in [0.25, 0.3) is 0 Å². The lowest BCUT2D eigenvalue weighted by molar-refractivity contribution is 0.985. The Kier molecular flexibility index (Phi) is 3.24. The average molecular weight is 180 g/mol. The van der Waals surface area contributed by atoms with E-state index in [9.17, 15) is 0 Å². The lowest BCUT2D eigenvalue weighted by Gasteiger charge is -1.89. The SMILES string of the molecule is CCc1nc(CC)c(CC#N)s1. The molecule has 0 aliphatic heterocycles. The fourth-order valence-corrected chi connectivity index (χ4v) is 2.10. The summed E-state index contributed by atoms with van der Waals surface area (Å²) in [4.78, 5) is 5.58. The van der Waals surface area contributed by atoms with Crippen molar-refractivity contribution >= 4 is 11.3 Å². The minimum atomic E-state index is 0.515. The van der Waals surface area contributed by atoms with Crippen molar-refractivity contribution in [1.82, 2.24) is 4.98 Å². The maximum absolute atomic E-state index is 8.55. The van der Waals surface area contributed by atoms with Gasteiger partial charge in [0.05, 0.1) is 23.2 Å². The van der Waals surface area contributed by atoms with Crippen molar-refractivity contribution in [2.45, 2.75) is 33.1 Å². The summed E-state index contributed by atoms with van der Waals surface area (Å²) in [6.07, 6.45) is 2.43. The van der Waals surface area contributed by atoms with Gasteiger partial charge in [0.15, 0.2) is 0 Å². The van der Waals surface area contributed by atoms with Crippen molar-refractivity contribution in [3.8, 4) is 6.07 Å². The zero-order valence-electron chi connectivity index (χ0n) is 7.42. The molecule has 0 N–H and O–H groups in total. The van der Waals surface area contributed by atoms with E-state index in [1.807, 2.05) is 0 Å². The van der Waals surface area contributed by atoms with Crippen LogP contribution in [0.3, 0.4) is 0 Å². The molecule has 64 valence electrons. The second kappa shape index (κ2) is 4.22. The molecule has 0 aliphatic carbocycles. The Balaban J connectivity index is 2.93. The summed E-state index contributed by atoms with van der Waals surface area (Å²) in [5, 5.41) is 9.70. The summed E-state index contributed by atoms with van der Waals surface area (Å²) in [5.41, 5.74) is 1.11. The summed E-state index contributed by atoms with van der Waals surface area (Å²) in [6, 6.07) is 2.17. The smallest absolute Gasteiger partial charge is 0.0928 e. The summed E-state index contributed by atoms with van der Waals surface area (Å²) < 4.78 is 0. The Morgan fingerprint density at radius 3 is 2.67 bits per heavy atom. The van der Waals surface area contributed by atoms with Crippen molar-refractivity contribution in [3.05, 3.63) is 15.6 Å². The largest absolute Gasteiger partial charge is 0.246 e. The maximum atomic E-state index is 8.55. The molecule has 1 heterocycles. The standard InChI is InChI=1S/C9H12N2S/c1-3-7-8(5-6-10)12-9(4-2)11-7/h3-5H2,1-2H3. The molecule has 0 spiro atoms. The highest BCUT2D eigenvalue weighted by molar-refractivity contribution is 7.11. The number of thiazole rings is 1. The number of nitrogens with zero attached hydrogens (tertiary/aromatic N) is 2. The first-order chi connectivity index (χ1) is 5.81. The molecule has 0 aromatic carbocycles. The van der Waals surface area contributed by atoms with Gasteiger partial charge in [0.25, 0.3) is 0 Å². The van der Waals surface area contributed by atoms with Crippen molar-refractivity contribution in [2.75, 3.05) is 0 Å². The van der Waals surface area contributed by atoms with Gasteiger partial charge in [-0.05, 0) is 12.8 Å². The van der Waals surface area contributed by atoms with Crippen LogP contribution >= 0.6 is 11.3 Å². The molecular formula is C9H12N2S. The molecule has 0 saturated carbocycles. The molecule has 0 amide bonds. The van der Waals surface area contributed by atoms with Gasteiger partial charge >= 0.3 is 0 Å². The summed E-state index contributed by atoms with van der Waals surface area (Å²) >= 11 is 1.68. The number of hydrogen-bond acceptors (Lipinski definition) is 3. The average Bonchev–Trinajstić information content (AvgIpc) is 2.48. The summed E-state index contributed by atoms with van der Waals surface area (Å²) in [6.45, 7) is 4.17. The van der Waals surface area contributed by atoms with Crippen LogP contribution in [0.5, 0.6) is 0 Å². The third-order valence-electron chi connectivity index (χ3n) is 1.70. The fourth-order valence-electron chi connectivity index (χ4n) is 1.07. The van der Waals surface area contributed by atoms with E-state index in [0.29, 0.717) is 6.42 Å². The molecule has 1 rings (SSSR count). The normalized spacial score (nSPS) is 9.75. The van der Waals surface area contributed by atoms with Crippen molar-refractivity contribution in [2.24, 2.45) is 0 Å². The lowest BCUT2D eigenvalue weighted by Crippen LogP contribution is -1.86. The third-order valence-corrected chi connectivity index (χ3v) is 2.94. The zero-order chi connectivity index (χ0) is 8.97. The van der Waals surface area contributed by atoms with Gasteiger partial charge in [-0.1, -0.05) is 13.8 Å². The summed E-state index contributed by atoms with van der Waals surface area (Å²) in [5.74, 6) is 0.